The lowest BCUT2D eigenvalue weighted by atomic mass is 10.1. The Morgan fingerprint density at radius 3 is 2.71 bits per heavy atom. The minimum absolute atomic E-state index is 0.0468. The van der Waals surface area contributed by atoms with Crippen LogP contribution < -0.4 is 5.43 Å². The number of aromatic amines is 1. The summed E-state index contributed by atoms with van der Waals surface area (Å²) in [7, 11) is 0. The Balaban J connectivity index is 3.03. The van der Waals surface area contributed by atoms with Crippen LogP contribution >= 0.6 is 15.9 Å². The maximum Gasteiger partial charge on any atom is 0.203 e. The van der Waals surface area contributed by atoms with Crippen LogP contribution in [0.15, 0.2) is 27.6 Å². The molecule has 1 N–H and O–H groups in total. The first-order valence-electron chi connectivity index (χ1n) is 4.38. The van der Waals surface area contributed by atoms with E-state index in [0.717, 1.165) is 22.0 Å². The van der Waals surface area contributed by atoms with Gasteiger partial charge in [-0.3, -0.25) is 4.79 Å². The van der Waals surface area contributed by atoms with Gasteiger partial charge >= 0.3 is 0 Å². The van der Waals surface area contributed by atoms with Gasteiger partial charge in [-0.2, -0.15) is 0 Å². The van der Waals surface area contributed by atoms with Crippen molar-refractivity contribution >= 4 is 26.8 Å². The maximum atomic E-state index is 11.8. The summed E-state index contributed by atoms with van der Waals surface area (Å²) in [5.74, 6) is 0. The Bertz CT molecular complexity index is 557. The second kappa shape index (κ2) is 3.24. The van der Waals surface area contributed by atoms with Crippen LogP contribution in [0.4, 0.5) is 0 Å². The molecule has 0 amide bonds. The minimum Gasteiger partial charge on any atom is -0.360 e. The van der Waals surface area contributed by atoms with Gasteiger partial charge in [-0.1, -0.05) is 6.07 Å². The molecule has 0 saturated heterocycles. The zero-order valence-corrected chi connectivity index (χ0v) is 9.60. The van der Waals surface area contributed by atoms with E-state index in [0.29, 0.717) is 4.47 Å². The van der Waals surface area contributed by atoms with Crippen molar-refractivity contribution in [3.05, 3.63) is 44.2 Å². The lowest BCUT2D eigenvalue weighted by Crippen LogP contribution is -2.04. The molecule has 2 nitrogen and oxygen atoms in total. The third-order valence-corrected chi connectivity index (χ3v) is 2.87. The summed E-state index contributed by atoms with van der Waals surface area (Å²) in [5.41, 5.74) is 3.18. The molecule has 72 valence electrons. The van der Waals surface area contributed by atoms with Crippen LogP contribution in [-0.2, 0) is 0 Å². The largest absolute Gasteiger partial charge is 0.360 e. The van der Waals surface area contributed by atoms with Gasteiger partial charge in [0, 0.05) is 11.6 Å². The Morgan fingerprint density at radius 2 is 2.00 bits per heavy atom. The van der Waals surface area contributed by atoms with Crippen molar-refractivity contribution in [2.45, 2.75) is 13.8 Å². The van der Waals surface area contributed by atoms with Crippen LogP contribution in [0, 0.1) is 13.8 Å². The first-order chi connectivity index (χ1) is 6.59. The fraction of sp³-hybridized carbons (Fsp3) is 0.182. The molecule has 0 aliphatic heterocycles. The quantitative estimate of drug-likeness (QED) is 0.768. The van der Waals surface area contributed by atoms with Gasteiger partial charge in [0.25, 0.3) is 0 Å². The summed E-state index contributed by atoms with van der Waals surface area (Å²) in [6.45, 7) is 3.99. The summed E-state index contributed by atoms with van der Waals surface area (Å²) in [6.07, 6.45) is 1.69. The molecule has 2 rings (SSSR count). The molecule has 2 aromatic rings. The molecular formula is C11H10BrNO. The van der Waals surface area contributed by atoms with Crippen LogP contribution in [0.5, 0.6) is 0 Å². The predicted octanol–water partition coefficient (Wildman–Crippen LogP) is 2.91. The van der Waals surface area contributed by atoms with Crippen molar-refractivity contribution in [1.82, 2.24) is 4.98 Å². The van der Waals surface area contributed by atoms with Crippen molar-refractivity contribution < 1.29 is 0 Å². The van der Waals surface area contributed by atoms with Gasteiger partial charge < -0.3 is 4.98 Å². The fourth-order valence-corrected chi connectivity index (χ4v) is 2.00. The van der Waals surface area contributed by atoms with Gasteiger partial charge in [-0.15, -0.1) is 0 Å². The highest BCUT2D eigenvalue weighted by molar-refractivity contribution is 9.10. The van der Waals surface area contributed by atoms with Gasteiger partial charge in [0.05, 0.1) is 9.99 Å². The van der Waals surface area contributed by atoms with Gasteiger partial charge in [0.15, 0.2) is 0 Å². The third kappa shape index (κ3) is 1.38. The zero-order chi connectivity index (χ0) is 10.3. The molecular weight excluding hydrogens is 242 g/mol. The van der Waals surface area contributed by atoms with E-state index in [1.807, 2.05) is 19.9 Å². The van der Waals surface area contributed by atoms with Crippen LogP contribution in [0.25, 0.3) is 10.9 Å². The Labute approximate surface area is 90.1 Å². The van der Waals surface area contributed by atoms with Gasteiger partial charge in [-0.25, -0.2) is 0 Å². The van der Waals surface area contributed by atoms with Crippen LogP contribution in [0.3, 0.4) is 0 Å². The highest BCUT2D eigenvalue weighted by atomic mass is 79.9. The molecule has 0 spiro atoms. The van der Waals surface area contributed by atoms with Crippen LogP contribution in [0.1, 0.15) is 11.1 Å². The summed E-state index contributed by atoms with van der Waals surface area (Å²) >= 11 is 3.22. The average molecular weight is 252 g/mol. The van der Waals surface area contributed by atoms with E-state index in [9.17, 15) is 4.79 Å². The minimum atomic E-state index is 0.0468. The number of hydrogen-bond acceptors (Lipinski definition) is 1. The normalized spacial score (nSPS) is 10.8. The van der Waals surface area contributed by atoms with Crippen molar-refractivity contribution in [2.24, 2.45) is 0 Å². The van der Waals surface area contributed by atoms with E-state index < -0.39 is 0 Å². The lowest BCUT2D eigenvalue weighted by Gasteiger charge is -2.03. The Kier molecular flexibility index (Phi) is 2.19. The second-order valence-corrected chi connectivity index (χ2v) is 4.32. The molecule has 0 saturated carbocycles. The molecule has 3 heteroatoms. The molecule has 1 aromatic heterocycles. The monoisotopic (exact) mass is 251 g/mol. The van der Waals surface area contributed by atoms with E-state index in [1.54, 1.807) is 6.20 Å². The first-order valence-corrected chi connectivity index (χ1v) is 5.17. The topological polar surface area (TPSA) is 32.9 Å². The number of aryl methyl sites for hydroxylation is 2. The van der Waals surface area contributed by atoms with E-state index in [2.05, 4.69) is 27.0 Å². The van der Waals surface area contributed by atoms with Crippen LogP contribution in [-0.4, -0.2) is 4.98 Å². The number of benzene rings is 1. The fourth-order valence-electron chi connectivity index (χ4n) is 1.67. The highest BCUT2D eigenvalue weighted by Crippen LogP contribution is 2.17. The van der Waals surface area contributed by atoms with Crippen molar-refractivity contribution in [3.8, 4) is 0 Å². The van der Waals surface area contributed by atoms with Crippen molar-refractivity contribution in [3.63, 3.8) is 0 Å². The number of nitrogens with one attached hydrogen (secondary N) is 1. The van der Waals surface area contributed by atoms with E-state index in [-0.39, 0.29) is 5.43 Å². The maximum absolute atomic E-state index is 11.8. The highest BCUT2D eigenvalue weighted by Gasteiger charge is 2.04. The number of fused-ring (bicyclic) bond motifs is 1. The number of pyridine rings is 1. The summed E-state index contributed by atoms with van der Waals surface area (Å²) in [4.78, 5) is 14.9. The summed E-state index contributed by atoms with van der Waals surface area (Å²) in [5, 5.41) is 0.747. The zero-order valence-electron chi connectivity index (χ0n) is 8.02. The molecule has 0 radical (unpaired) electrons. The Hall–Kier alpha value is -1.09. The molecule has 0 unspecified atom stereocenters. The number of hydrogen-bond donors (Lipinski definition) is 1. The van der Waals surface area contributed by atoms with Crippen LogP contribution in [0.2, 0.25) is 0 Å². The molecule has 0 aliphatic rings. The van der Waals surface area contributed by atoms with Gasteiger partial charge in [0.1, 0.15) is 0 Å². The summed E-state index contributed by atoms with van der Waals surface area (Å²) in [6, 6.07) is 3.97. The van der Waals surface area contributed by atoms with Crippen molar-refractivity contribution in [1.29, 1.82) is 0 Å². The van der Waals surface area contributed by atoms with E-state index in [4.69, 9.17) is 0 Å². The smallest absolute Gasteiger partial charge is 0.203 e. The Morgan fingerprint density at radius 1 is 1.29 bits per heavy atom. The average Bonchev–Trinajstić information content (AvgIpc) is 2.12. The van der Waals surface area contributed by atoms with Crippen molar-refractivity contribution in [2.75, 3.05) is 0 Å². The SMILES string of the molecule is Cc1cc(C)c2[nH]cc(Br)c(=O)c2c1. The third-order valence-electron chi connectivity index (χ3n) is 2.28. The second-order valence-electron chi connectivity index (χ2n) is 3.47. The lowest BCUT2D eigenvalue weighted by molar-refractivity contribution is 1.31. The molecule has 0 fully saturated rings. The van der Waals surface area contributed by atoms with E-state index in [1.165, 1.54) is 0 Å². The molecule has 1 aromatic carbocycles. The predicted molar refractivity (Wildman–Crippen MR) is 61.7 cm³/mol. The van der Waals surface area contributed by atoms with Gasteiger partial charge in [-0.05, 0) is 47.0 Å². The standard InChI is InChI=1S/C11H10BrNO/c1-6-3-7(2)10-8(4-6)11(14)9(12)5-13-10/h3-5H,1-2H3,(H,13,14). The molecule has 0 bridgehead atoms. The molecule has 14 heavy (non-hydrogen) atoms. The molecule has 0 atom stereocenters. The van der Waals surface area contributed by atoms with E-state index >= 15 is 0 Å². The number of halogens is 1. The summed E-state index contributed by atoms with van der Waals surface area (Å²) < 4.78 is 0.579. The molecule has 0 aliphatic carbocycles. The number of aromatic nitrogens is 1. The number of rotatable bonds is 0. The van der Waals surface area contributed by atoms with Gasteiger partial charge in [0.2, 0.25) is 5.43 Å². The number of H-pyrrole nitrogens is 1. The first kappa shape index (κ1) is 9.46. The molecule has 1 heterocycles.